The Labute approximate surface area is 94.7 Å². The van der Waals surface area contributed by atoms with Crippen molar-refractivity contribution in [2.75, 3.05) is 12.4 Å². The highest BCUT2D eigenvalue weighted by atomic mass is 16.3. The Bertz CT molecular complexity index is 477. The zero-order valence-corrected chi connectivity index (χ0v) is 9.74. The third-order valence-corrected chi connectivity index (χ3v) is 2.50. The van der Waals surface area contributed by atoms with Gasteiger partial charge in [-0.3, -0.25) is 0 Å². The van der Waals surface area contributed by atoms with Gasteiger partial charge in [-0.25, -0.2) is 9.97 Å². The molecule has 0 bridgehead atoms. The van der Waals surface area contributed by atoms with Crippen LogP contribution in [0, 0.1) is 6.92 Å². The maximum absolute atomic E-state index is 5.38. The molecule has 4 nitrogen and oxygen atoms in total. The Balaban J connectivity index is 2.59. The molecule has 0 aliphatic rings. The molecule has 0 aliphatic heterocycles. The number of nitrogens with one attached hydrogen (secondary N) is 1. The number of furan rings is 1. The van der Waals surface area contributed by atoms with Crippen LogP contribution in [0.2, 0.25) is 0 Å². The van der Waals surface area contributed by atoms with Gasteiger partial charge in [0.2, 0.25) is 0 Å². The molecule has 0 aliphatic carbocycles. The molecule has 2 aromatic rings. The molecule has 0 atom stereocenters. The first-order chi connectivity index (χ1) is 7.76. The lowest BCUT2D eigenvalue weighted by Gasteiger charge is -2.09. The molecule has 0 saturated heterocycles. The summed E-state index contributed by atoms with van der Waals surface area (Å²) in [5.41, 5.74) is 1.87. The maximum atomic E-state index is 5.38. The number of rotatable bonds is 3. The SMILES string of the molecule is CCc1nc(NC)c(C)c(-c2ccco2)n1. The third-order valence-electron chi connectivity index (χ3n) is 2.50. The fourth-order valence-corrected chi connectivity index (χ4v) is 1.62. The van der Waals surface area contributed by atoms with Crippen molar-refractivity contribution >= 4 is 5.82 Å². The molecular formula is C12H15N3O. The van der Waals surface area contributed by atoms with Gasteiger partial charge in [0, 0.05) is 19.0 Å². The predicted molar refractivity (Wildman–Crippen MR) is 63.4 cm³/mol. The second-order valence-corrected chi connectivity index (χ2v) is 3.54. The maximum Gasteiger partial charge on any atom is 0.152 e. The van der Waals surface area contributed by atoms with E-state index >= 15 is 0 Å². The molecule has 4 heteroatoms. The minimum atomic E-state index is 0.783. The van der Waals surface area contributed by atoms with Gasteiger partial charge in [0.15, 0.2) is 5.76 Å². The normalized spacial score (nSPS) is 10.4. The number of anilines is 1. The summed E-state index contributed by atoms with van der Waals surface area (Å²) in [5.74, 6) is 2.46. The first kappa shape index (κ1) is 10.7. The van der Waals surface area contributed by atoms with Crippen LogP contribution < -0.4 is 5.32 Å². The summed E-state index contributed by atoms with van der Waals surface area (Å²) in [7, 11) is 1.86. The van der Waals surface area contributed by atoms with Gasteiger partial charge in [0.1, 0.15) is 17.3 Å². The number of aromatic nitrogens is 2. The molecule has 0 amide bonds. The second-order valence-electron chi connectivity index (χ2n) is 3.54. The van der Waals surface area contributed by atoms with Crippen molar-refractivity contribution in [1.29, 1.82) is 0 Å². The zero-order chi connectivity index (χ0) is 11.5. The lowest BCUT2D eigenvalue weighted by molar-refractivity contribution is 0.578. The van der Waals surface area contributed by atoms with E-state index in [1.807, 2.05) is 33.0 Å². The van der Waals surface area contributed by atoms with Crippen LogP contribution in [0.15, 0.2) is 22.8 Å². The van der Waals surface area contributed by atoms with E-state index in [4.69, 9.17) is 4.42 Å². The van der Waals surface area contributed by atoms with Gasteiger partial charge in [-0.2, -0.15) is 0 Å². The minimum Gasteiger partial charge on any atom is -0.463 e. The van der Waals surface area contributed by atoms with Crippen molar-refractivity contribution in [2.45, 2.75) is 20.3 Å². The predicted octanol–water partition coefficient (Wildman–Crippen LogP) is 2.65. The molecule has 1 N–H and O–H groups in total. The van der Waals surface area contributed by atoms with Crippen LogP contribution in [-0.2, 0) is 6.42 Å². The standard InChI is InChI=1S/C12H15N3O/c1-4-10-14-11(9-6-5-7-16-9)8(2)12(13-3)15-10/h5-7H,4H2,1-3H3,(H,13,14,15). The first-order valence-electron chi connectivity index (χ1n) is 5.35. The van der Waals surface area contributed by atoms with Gasteiger partial charge in [-0.05, 0) is 19.1 Å². The van der Waals surface area contributed by atoms with Gasteiger partial charge in [-0.15, -0.1) is 0 Å². The van der Waals surface area contributed by atoms with E-state index in [-0.39, 0.29) is 0 Å². The summed E-state index contributed by atoms with van der Waals surface area (Å²) < 4.78 is 5.38. The van der Waals surface area contributed by atoms with Gasteiger partial charge >= 0.3 is 0 Å². The Hall–Kier alpha value is -1.84. The lowest BCUT2D eigenvalue weighted by atomic mass is 10.2. The minimum absolute atomic E-state index is 0.783. The molecule has 0 unspecified atom stereocenters. The number of hydrogen-bond donors (Lipinski definition) is 1. The Morgan fingerprint density at radius 2 is 2.19 bits per heavy atom. The number of aryl methyl sites for hydroxylation is 1. The molecule has 2 aromatic heterocycles. The average molecular weight is 217 g/mol. The van der Waals surface area contributed by atoms with E-state index in [9.17, 15) is 0 Å². The van der Waals surface area contributed by atoms with Crippen LogP contribution in [-0.4, -0.2) is 17.0 Å². The summed E-state index contributed by atoms with van der Waals surface area (Å²) in [6.07, 6.45) is 2.46. The van der Waals surface area contributed by atoms with Crippen molar-refractivity contribution in [2.24, 2.45) is 0 Å². The van der Waals surface area contributed by atoms with Crippen LogP contribution in [0.1, 0.15) is 18.3 Å². The molecule has 0 saturated carbocycles. The van der Waals surface area contributed by atoms with Crippen molar-refractivity contribution in [3.8, 4) is 11.5 Å². The molecule has 2 heterocycles. The van der Waals surface area contributed by atoms with Crippen LogP contribution >= 0.6 is 0 Å². The fraction of sp³-hybridized carbons (Fsp3) is 0.333. The molecule has 0 aromatic carbocycles. The van der Waals surface area contributed by atoms with Gasteiger partial charge in [-0.1, -0.05) is 6.92 Å². The van der Waals surface area contributed by atoms with Crippen molar-refractivity contribution in [1.82, 2.24) is 9.97 Å². The second kappa shape index (κ2) is 4.35. The van der Waals surface area contributed by atoms with Crippen molar-refractivity contribution < 1.29 is 4.42 Å². The van der Waals surface area contributed by atoms with E-state index < -0.39 is 0 Å². The Morgan fingerprint density at radius 3 is 2.75 bits per heavy atom. The largest absolute Gasteiger partial charge is 0.463 e. The molecular weight excluding hydrogens is 202 g/mol. The van der Waals surface area contributed by atoms with Crippen LogP contribution in [0.5, 0.6) is 0 Å². The van der Waals surface area contributed by atoms with Gasteiger partial charge in [0.05, 0.1) is 6.26 Å². The smallest absolute Gasteiger partial charge is 0.152 e. The van der Waals surface area contributed by atoms with Crippen LogP contribution in [0.25, 0.3) is 11.5 Å². The quantitative estimate of drug-likeness (QED) is 0.858. The monoisotopic (exact) mass is 217 g/mol. The first-order valence-corrected chi connectivity index (χ1v) is 5.35. The molecule has 0 fully saturated rings. The highest BCUT2D eigenvalue weighted by molar-refractivity contribution is 5.63. The van der Waals surface area contributed by atoms with E-state index in [1.165, 1.54) is 0 Å². The summed E-state index contributed by atoms with van der Waals surface area (Å²) in [5, 5.41) is 3.08. The van der Waals surface area contributed by atoms with E-state index in [1.54, 1.807) is 6.26 Å². The molecule has 0 spiro atoms. The fourth-order valence-electron chi connectivity index (χ4n) is 1.62. The summed E-state index contributed by atoms with van der Waals surface area (Å²) in [4.78, 5) is 8.91. The summed E-state index contributed by atoms with van der Waals surface area (Å²) in [6.45, 7) is 4.03. The van der Waals surface area contributed by atoms with E-state index in [0.717, 1.165) is 35.1 Å². The highest BCUT2D eigenvalue weighted by Crippen LogP contribution is 2.25. The van der Waals surface area contributed by atoms with Gasteiger partial charge in [0.25, 0.3) is 0 Å². The Kier molecular flexibility index (Phi) is 2.90. The molecule has 2 rings (SSSR count). The van der Waals surface area contributed by atoms with Crippen molar-refractivity contribution in [3.05, 3.63) is 29.8 Å². The lowest BCUT2D eigenvalue weighted by Crippen LogP contribution is -2.04. The third kappa shape index (κ3) is 1.78. The number of nitrogens with zero attached hydrogens (tertiary/aromatic N) is 2. The van der Waals surface area contributed by atoms with Crippen molar-refractivity contribution in [3.63, 3.8) is 0 Å². The topological polar surface area (TPSA) is 51.0 Å². The summed E-state index contributed by atoms with van der Waals surface area (Å²) in [6, 6.07) is 3.77. The number of hydrogen-bond acceptors (Lipinski definition) is 4. The molecule has 84 valence electrons. The van der Waals surface area contributed by atoms with E-state index in [2.05, 4.69) is 15.3 Å². The van der Waals surface area contributed by atoms with Crippen LogP contribution in [0.4, 0.5) is 5.82 Å². The van der Waals surface area contributed by atoms with Crippen LogP contribution in [0.3, 0.4) is 0 Å². The van der Waals surface area contributed by atoms with E-state index in [0.29, 0.717) is 0 Å². The Morgan fingerprint density at radius 1 is 1.38 bits per heavy atom. The highest BCUT2D eigenvalue weighted by Gasteiger charge is 2.12. The zero-order valence-electron chi connectivity index (χ0n) is 9.74. The summed E-state index contributed by atoms with van der Waals surface area (Å²) >= 11 is 0. The van der Waals surface area contributed by atoms with Gasteiger partial charge < -0.3 is 9.73 Å². The molecule has 16 heavy (non-hydrogen) atoms. The average Bonchev–Trinajstić information content (AvgIpc) is 2.83. The molecule has 0 radical (unpaired) electrons.